The van der Waals surface area contributed by atoms with E-state index in [1.165, 1.54) is 64.3 Å². The number of aromatic nitrogens is 1. The summed E-state index contributed by atoms with van der Waals surface area (Å²) in [6, 6.07) is 2.60. The van der Waals surface area contributed by atoms with E-state index in [2.05, 4.69) is 27.0 Å². The predicted octanol–water partition coefficient (Wildman–Crippen LogP) is 5.48. The van der Waals surface area contributed by atoms with E-state index in [4.69, 9.17) is 17.0 Å². The molecule has 0 aromatic carbocycles. The summed E-state index contributed by atoms with van der Waals surface area (Å²) < 4.78 is 5.96. The summed E-state index contributed by atoms with van der Waals surface area (Å²) in [6.07, 6.45) is 16.0. The topological polar surface area (TPSA) is 57.7 Å². The van der Waals surface area contributed by atoms with E-state index in [1.807, 2.05) is 19.1 Å². The van der Waals surface area contributed by atoms with Crippen LogP contribution in [0.15, 0.2) is 24.1 Å². The zero-order chi connectivity index (χ0) is 23.9. The molecule has 34 heavy (non-hydrogen) atoms. The fourth-order valence-corrected chi connectivity index (χ4v) is 5.95. The van der Waals surface area contributed by atoms with Gasteiger partial charge in [0.2, 0.25) is 5.88 Å². The zero-order valence-corrected chi connectivity index (χ0v) is 21.7. The molecule has 1 saturated heterocycles. The Kier molecular flexibility index (Phi) is 8.95. The minimum atomic E-state index is -0.0821. The van der Waals surface area contributed by atoms with Gasteiger partial charge in [0.25, 0.3) is 5.91 Å². The van der Waals surface area contributed by atoms with E-state index >= 15 is 0 Å². The molecular weight excluding hydrogens is 444 g/mol. The van der Waals surface area contributed by atoms with Gasteiger partial charge in [-0.2, -0.15) is 0 Å². The molecule has 1 aliphatic carbocycles. The first-order valence-corrected chi connectivity index (χ1v) is 13.7. The number of thiocarbonyl (C=S) groups is 1. The minimum Gasteiger partial charge on any atom is -0.434 e. The van der Waals surface area contributed by atoms with Crippen molar-refractivity contribution in [3.63, 3.8) is 0 Å². The summed E-state index contributed by atoms with van der Waals surface area (Å²) in [5, 5.41) is 3.10. The fourth-order valence-electron chi connectivity index (χ4n) is 5.62. The van der Waals surface area contributed by atoms with Gasteiger partial charge in [-0.1, -0.05) is 44.8 Å². The van der Waals surface area contributed by atoms with Gasteiger partial charge in [-0.25, -0.2) is 4.98 Å². The number of hydrogen-bond donors (Lipinski definition) is 1. The zero-order valence-electron chi connectivity index (χ0n) is 20.9. The van der Waals surface area contributed by atoms with Crippen LogP contribution in [-0.2, 0) is 0 Å². The maximum absolute atomic E-state index is 12.9. The summed E-state index contributed by atoms with van der Waals surface area (Å²) in [6.45, 7) is 7.97. The second-order valence-electron chi connectivity index (χ2n) is 9.93. The quantitative estimate of drug-likeness (QED) is 0.300. The number of carbonyl (C=O) groups is 1. The van der Waals surface area contributed by atoms with E-state index < -0.39 is 0 Å². The number of fused-ring (bicyclic) bond motifs is 1. The van der Waals surface area contributed by atoms with E-state index in [-0.39, 0.29) is 5.91 Å². The van der Waals surface area contributed by atoms with Crippen LogP contribution in [0.25, 0.3) is 0 Å². The van der Waals surface area contributed by atoms with Crippen LogP contribution in [-0.4, -0.2) is 53.0 Å². The second-order valence-corrected chi connectivity index (χ2v) is 10.3. The van der Waals surface area contributed by atoms with Gasteiger partial charge in [-0.15, -0.1) is 0 Å². The predicted molar refractivity (Wildman–Crippen MR) is 142 cm³/mol. The van der Waals surface area contributed by atoms with Crippen LogP contribution in [0.1, 0.15) is 88.4 Å². The lowest BCUT2D eigenvalue weighted by molar-refractivity contribution is 0.0947. The molecule has 2 fully saturated rings. The van der Waals surface area contributed by atoms with Crippen LogP contribution in [0, 0.1) is 5.92 Å². The Morgan fingerprint density at radius 1 is 1.24 bits per heavy atom. The minimum absolute atomic E-state index is 0.0821. The number of amides is 1. The second kappa shape index (κ2) is 12.1. The summed E-state index contributed by atoms with van der Waals surface area (Å²) in [7, 11) is 0. The van der Waals surface area contributed by atoms with Crippen molar-refractivity contribution in [3.8, 4) is 5.88 Å². The van der Waals surface area contributed by atoms with Gasteiger partial charge in [0.1, 0.15) is 10.7 Å². The van der Waals surface area contributed by atoms with Crippen molar-refractivity contribution in [1.82, 2.24) is 15.2 Å². The Balaban J connectivity index is 1.39. The van der Waals surface area contributed by atoms with Crippen LogP contribution < -0.4 is 15.0 Å². The third kappa shape index (κ3) is 5.98. The monoisotopic (exact) mass is 484 g/mol. The molecule has 3 aliphatic rings. The number of rotatable bonds is 8. The average molecular weight is 485 g/mol. The van der Waals surface area contributed by atoms with Crippen LogP contribution in [0.2, 0.25) is 0 Å². The first kappa shape index (κ1) is 25.1. The van der Waals surface area contributed by atoms with Gasteiger partial charge >= 0.3 is 0 Å². The molecule has 7 heteroatoms. The molecule has 6 nitrogen and oxygen atoms in total. The molecule has 1 N–H and O–H groups in total. The maximum atomic E-state index is 12.9. The van der Waals surface area contributed by atoms with Crippen LogP contribution in [0.5, 0.6) is 5.88 Å². The summed E-state index contributed by atoms with van der Waals surface area (Å²) in [5.74, 6) is 1.73. The van der Waals surface area contributed by atoms with Crippen molar-refractivity contribution >= 4 is 28.8 Å². The van der Waals surface area contributed by atoms with Crippen molar-refractivity contribution < 1.29 is 9.53 Å². The smallest absolute Gasteiger partial charge is 0.252 e. The highest BCUT2D eigenvalue weighted by molar-refractivity contribution is 7.81. The number of anilines is 1. The highest BCUT2D eigenvalue weighted by Gasteiger charge is 2.31. The molecule has 3 heterocycles. The van der Waals surface area contributed by atoms with Crippen molar-refractivity contribution in [2.75, 3.05) is 31.1 Å². The fraction of sp³-hybridized carbons (Fsp3) is 0.667. The highest BCUT2D eigenvalue weighted by atomic mass is 32.1. The van der Waals surface area contributed by atoms with Crippen LogP contribution in [0.3, 0.4) is 0 Å². The van der Waals surface area contributed by atoms with Crippen molar-refractivity contribution in [2.45, 2.75) is 84.1 Å². The lowest BCUT2D eigenvalue weighted by Crippen LogP contribution is -2.41. The number of likely N-dealkylation sites (tertiary alicyclic amines) is 1. The number of pyridine rings is 1. The average Bonchev–Trinajstić information content (AvgIpc) is 2.88. The van der Waals surface area contributed by atoms with E-state index in [0.29, 0.717) is 40.7 Å². The molecule has 1 aromatic rings. The van der Waals surface area contributed by atoms with Gasteiger partial charge in [-0.3, -0.25) is 4.79 Å². The van der Waals surface area contributed by atoms with E-state index in [0.717, 1.165) is 25.2 Å². The number of carbonyl (C=O) groups excluding carboxylic acids is 1. The van der Waals surface area contributed by atoms with Gasteiger partial charge in [0.05, 0.1) is 5.56 Å². The Hall–Kier alpha value is -1.99. The standard InChI is InChI=1S/C27H40N4O2S/c1-3-22-13-8-9-15-30(22)16-10-14-28-25(32)21-17-23-26(29-18-21)33-24(4-2)27(34)31(23)19-20-11-6-5-7-12-20/h4,17-18,20,22H,3,5-16,19H2,1-2H3,(H,28,32)/b24-4-. The molecule has 0 radical (unpaired) electrons. The lowest BCUT2D eigenvalue weighted by Gasteiger charge is -2.35. The number of ether oxygens (including phenoxy) is 1. The summed E-state index contributed by atoms with van der Waals surface area (Å²) in [4.78, 5) is 22.9. The first-order chi connectivity index (χ1) is 16.6. The largest absolute Gasteiger partial charge is 0.434 e. The third-order valence-corrected chi connectivity index (χ3v) is 8.03. The number of nitrogens with one attached hydrogen (secondary N) is 1. The summed E-state index contributed by atoms with van der Waals surface area (Å²) in [5.41, 5.74) is 1.38. The molecule has 0 bridgehead atoms. The van der Waals surface area contributed by atoms with Crippen molar-refractivity contribution in [3.05, 3.63) is 29.7 Å². The molecule has 1 saturated carbocycles. The molecule has 2 aliphatic heterocycles. The molecule has 4 rings (SSSR count). The van der Waals surface area contributed by atoms with Gasteiger partial charge < -0.3 is 19.9 Å². The van der Waals surface area contributed by atoms with E-state index in [1.54, 1.807) is 6.20 Å². The molecule has 1 amide bonds. The Morgan fingerprint density at radius 2 is 2.03 bits per heavy atom. The third-order valence-electron chi connectivity index (χ3n) is 7.60. The normalized spacial score (nSPS) is 23.0. The maximum Gasteiger partial charge on any atom is 0.252 e. The Morgan fingerprint density at radius 3 is 2.79 bits per heavy atom. The molecule has 186 valence electrons. The SMILES string of the molecule is C/C=C1\Oc2ncc(C(=O)NCCCN3CCCCC3CC)cc2N(CC2CCCCC2)C1=S. The Labute approximate surface area is 210 Å². The molecular formula is C27H40N4O2S. The van der Waals surface area contributed by atoms with Crippen molar-refractivity contribution in [2.24, 2.45) is 5.92 Å². The first-order valence-electron chi connectivity index (χ1n) is 13.3. The van der Waals surface area contributed by atoms with Gasteiger partial charge in [0.15, 0.2) is 5.76 Å². The lowest BCUT2D eigenvalue weighted by atomic mass is 9.88. The van der Waals surface area contributed by atoms with E-state index in [9.17, 15) is 4.79 Å². The molecule has 0 spiro atoms. The number of nitrogens with zero attached hydrogens (tertiary/aromatic N) is 3. The molecule has 1 aromatic heterocycles. The molecule has 1 atom stereocenters. The number of hydrogen-bond acceptors (Lipinski definition) is 5. The number of piperidine rings is 1. The highest BCUT2D eigenvalue weighted by Crippen LogP contribution is 2.37. The molecule has 1 unspecified atom stereocenters. The van der Waals surface area contributed by atoms with Gasteiger partial charge in [-0.05, 0) is 70.1 Å². The number of allylic oxidation sites excluding steroid dienone is 1. The van der Waals surface area contributed by atoms with Crippen molar-refractivity contribution in [1.29, 1.82) is 0 Å². The van der Waals surface area contributed by atoms with Gasteiger partial charge in [0, 0.05) is 31.9 Å². The van der Waals surface area contributed by atoms with Crippen LogP contribution >= 0.6 is 12.2 Å². The summed E-state index contributed by atoms with van der Waals surface area (Å²) >= 11 is 5.77. The Bertz CT molecular complexity index is 897. The van der Waals surface area contributed by atoms with Crippen LogP contribution in [0.4, 0.5) is 5.69 Å².